The Hall–Kier alpha value is -2.61. The number of anilines is 2. The van der Waals surface area contributed by atoms with Crippen molar-refractivity contribution in [3.05, 3.63) is 53.8 Å². The van der Waals surface area contributed by atoms with Crippen LogP contribution in [0.1, 0.15) is 18.4 Å². The van der Waals surface area contributed by atoms with Crippen LogP contribution >= 0.6 is 0 Å². The highest BCUT2D eigenvalue weighted by Crippen LogP contribution is 2.38. The summed E-state index contributed by atoms with van der Waals surface area (Å²) < 4.78 is 44.7. The summed E-state index contributed by atoms with van der Waals surface area (Å²) in [5, 5.41) is 2.56. The Morgan fingerprint density at radius 1 is 1.22 bits per heavy atom. The molecule has 0 spiro atoms. The second-order valence-corrected chi connectivity index (χ2v) is 8.46. The first-order valence-electron chi connectivity index (χ1n) is 8.52. The number of carbonyl (C=O) groups is 1. The molecule has 27 heavy (non-hydrogen) atoms. The summed E-state index contributed by atoms with van der Waals surface area (Å²) in [6, 6.07) is 10.7. The van der Waals surface area contributed by atoms with Crippen molar-refractivity contribution < 1.29 is 22.3 Å². The Kier molecular flexibility index (Phi) is 5.36. The summed E-state index contributed by atoms with van der Waals surface area (Å²) in [7, 11) is -3.56. The van der Waals surface area contributed by atoms with Crippen LogP contribution in [-0.4, -0.2) is 33.2 Å². The van der Waals surface area contributed by atoms with Crippen molar-refractivity contribution in [2.75, 3.05) is 22.5 Å². The molecule has 3 rings (SSSR count). The Bertz CT molecular complexity index is 941. The summed E-state index contributed by atoms with van der Waals surface area (Å²) in [5.74, 6) is -0.546. The molecule has 1 aliphatic carbocycles. The van der Waals surface area contributed by atoms with Gasteiger partial charge >= 0.3 is 0 Å². The molecule has 6 nitrogen and oxygen atoms in total. The molecule has 144 valence electrons. The minimum atomic E-state index is -3.56. The van der Waals surface area contributed by atoms with Crippen molar-refractivity contribution in [1.29, 1.82) is 0 Å². The molecule has 1 N–H and O–H groups in total. The minimum absolute atomic E-state index is 0.102. The molecule has 2 aromatic rings. The lowest BCUT2D eigenvalue weighted by atomic mass is 10.2. The molecule has 0 radical (unpaired) electrons. The lowest BCUT2D eigenvalue weighted by Gasteiger charge is -2.25. The average Bonchev–Trinajstić information content (AvgIpc) is 3.40. The number of carbonyl (C=O) groups excluding carboxylic acids is 1. The van der Waals surface area contributed by atoms with Gasteiger partial charge in [-0.3, -0.25) is 9.10 Å². The van der Waals surface area contributed by atoms with E-state index in [9.17, 15) is 17.6 Å². The highest BCUT2D eigenvalue weighted by molar-refractivity contribution is 7.92. The second kappa shape index (κ2) is 7.56. The minimum Gasteiger partial charge on any atom is -0.484 e. The summed E-state index contributed by atoms with van der Waals surface area (Å²) in [6.45, 7) is 1.66. The number of nitrogens with zero attached hydrogens (tertiary/aromatic N) is 1. The van der Waals surface area contributed by atoms with Crippen molar-refractivity contribution in [1.82, 2.24) is 0 Å². The van der Waals surface area contributed by atoms with Crippen molar-refractivity contribution in [3.63, 3.8) is 0 Å². The quantitative estimate of drug-likeness (QED) is 0.786. The van der Waals surface area contributed by atoms with Gasteiger partial charge in [0, 0.05) is 6.04 Å². The van der Waals surface area contributed by atoms with E-state index in [2.05, 4.69) is 5.32 Å². The van der Waals surface area contributed by atoms with Gasteiger partial charge in [-0.25, -0.2) is 12.8 Å². The number of aryl methyl sites for hydroxylation is 1. The molecule has 2 aromatic carbocycles. The van der Waals surface area contributed by atoms with Gasteiger partial charge in [0.1, 0.15) is 11.6 Å². The number of hydrogen-bond acceptors (Lipinski definition) is 4. The Morgan fingerprint density at radius 3 is 2.48 bits per heavy atom. The predicted molar refractivity (Wildman–Crippen MR) is 102 cm³/mol. The van der Waals surface area contributed by atoms with E-state index in [1.807, 2.05) is 19.1 Å². The van der Waals surface area contributed by atoms with Crippen LogP contribution in [0, 0.1) is 12.7 Å². The van der Waals surface area contributed by atoms with E-state index in [0.29, 0.717) is 5.75 Å². The monoisotopic (exact) mass is 392 g/mol. The van der Waals surface area contributed by atoms with E-state index < -0.39 is 21.7 Å². The molecule has 0 bridgehead atoms. The maximum absolute atomic E-state index is 13.7. The van der Waals surface area contributed by atoms with Gasteiger partial charge in [-0.15, -0.1) is 0 Å². The lowest BCUT2D eigenvalue weighted by molar-refractivity contribution is -0.118. The zero-order chi connectivity index (χ0) is 19.6. The van der Waals surface area contributed by atoms with Crippen molar-refractivity contribution in [2.24, 2.45) is 0 Å². The van der Waals surface area contributed by atoms with Gasteiger partial charge in [-0.05, 0) is 50.1 Å². The van der Waals surface area contributed by atoms with Crippen LogP contribution in [0.4, 0.5) is 15.8 Å². The summed E-state index contributed by atoms with van der Waals surface area (Å²) in [6.07, 6.45) is 2.56. The lowest BCUT2D eigenvalue weighted by Crippen LogP contribution is -2.33. The van der Waals surface area contributed by atoms with Crippen molar-refractivity contribution in [2.45, 2.75) is 25.8 Å². The second-order valence-electron chi connectivity index (χ2n) is 6.60. The van der Waals surface area contributed by atoms with E-state index in [1.165, 1.54) is 16.4 Å². The molecule has 1 saturated carbocycles. The highest BCUT2D eigenvalue weighted by atomic mass is 32.2. The average molecular weight is 392 g/mol. The molecule has 1 fully saturated rings. The summed E-state index contributed by atoms with van der Waals surface area (Å²) >= 11 is 0. The third kappa shape index (κ3) is 4.97. The van der Waals surface area contributed by atoms with Crippen LogP contribution in [-0.2, 0) is 14.8 Å². The molecular formula is C19H21FN2O4S. The fraction of sp³-hybridized carbons (Fsp3) is 0.316. The number of rotatable bonds is 7. The number of halogens is 1. The molecule has 0 atom stereocenters. The van der Waals surface area contributed by atoms with E-state index >= 15 is 0 Å². The first-order valence-corrected chi connectivity index (χ1v) is 10.4. The topological polar surface area (TPSA) is 75.7 Å². The fourth-order valence-corrected chi connectivity index (χ4v) is 3.99. The zero-order valence-electron chi connectivity index (χ0n) is 15.1. The molecule has 0 aromatic heterocycles. The van der Waals surface area contributed by atoms with Gasteiger partial charge in [-0.2, -0.15) is 0 Å². The molecule has 1 amide bonds. The van der Waals surface area contributed by atoms with E-state index in [4.69, 9.17) is 4.74 Å². The van der Waals surface area contributed by atoms with E-state index in [0.717, 1.165) is 30.7 Å². The van der Waals surface area contributed by atoms with Gasteiger partial charge in [-0.1, -0.05) is 17.7 Å². The first kappa shape index (κ1) is 19.2. The first-order chi connectivity index (χ1) is 12.7. The molecular weight excluding hydrogens is 371 g/mol. The number of ether oxygens (including phenoxy) is 1. The Labute approximate surface area is 158 Å². The molecule has 0 saturated heterocycles. The van der Waals surface area contributed by atoms with Crippen molar-refractivity contribution in [3.8, 4) is 5.75 Å². The number of hydrogen-bond donors (Lipinski definition) is 1. The van der Waals surface area contributed by atoms with Gasteiger partial charge in [0.2, 0.25) is 10.0 Å². The predicted octanol–water partition coefficient (Wildman–Crippen LogP) is 3.08. The third-order valence-corrected chi connectivity index (χ3v) is 5.31. The smallest absolute Gasteiger partial charge is 0.262 e. The molecule has 8 heteroatoms. The van der Waals surface area contributed by atoms with Gasteiger partial charge in [0.15, 0.2) is 6.61 Å². The fourth-order valence-electron chi connectivity index (χ4n) is 2.73. The molecule has 0 heterocycles. The molecule has 0 unspecified atom stereocenters. The van der Waals surface area contributed by atoms with Gasteiger partial charge in [0.25, 0.3) is 5.91 Å². The van der Waals surface area contributed by atoms with E-state index in [1.54, 1.807) is 12.1 Å². The Morgan fingerprint density at radius 2 is 1.89 bits per heavy atom. The summed E-state index contributed by atoms with van der Waals surface area (Å²) in [5.41, 5.74) is 1.42. The SMILES string of the molecule is Cc1ccc(OCC(=O)Nc2cc(F)ccc2N(C2CC2)S(C)(=O)=O)cc1. The van der Waals surface area contributed by atoms with Crippen molar-refractivity contribution >= 4 is 27.3 Å². The van der Waals surface area contributed by atoms with Gasteiger partial charge in [0.05, 0.1) is 17.6 Å². The molecule has 1 aliphatic rings. The number of nitrogens with one attached hydrogen (secondary N) is 1. The Balaban J connectivity index is 1.76. The number of amides is 1. The molecule has 0 aliphatic heterocycles. The third-order valence-electron chi connectivity index (χ3n) is 4.10. The van der Waals surface area contributed by atoms with Crippen LogP contribution in [0.2, 0.25) is 0 Å². The maximum Gasteiger partial charge on any atom is 0.262 e. The van der Waals surface area contributed by atoms with Crippen LogP contribution in [0.15, 0.2) is 42.5 Å². The largest absolute Gasteiger partial charge is 0.484 e. The van der Waals surface area contributed by atoms with Crippen LogP contribution < -0.4 is 14.4 Å². The maximum atomic E-state index is 13.7. The standard InChI is InChI=1S/C19H21FN2O4S/c1-13-3-8-16(9-4-13)26-12-19(23)21-17-11-14(20)5-10-18(17)22(15-6-7-15)27(2,24)25/h3-5,8-11,15H,6-7,12H2,1-2H3,(H,21,23). The summed E-state index contributed by atoms with van der Waals surface area (Å²) in [4.78, 5) is 12.2. The number of sulfonamides is 1. The van der Waals surface area contributed by atoms with Crippen LogP contribution in [0.25, 0.3) is 0 Å². The normalized spacial score (nSPS) is 13.9. The zero-order valence-corrected chi connectivity index (χ0v) is 15.9. The van der Waals surface area contributed by atoms with Crippen LogP contribution in [0.5, 0.6) is 5.75 Å². The number of benzene rings is 2. The van der Waals surface area contributed by atoms with Crippen LogP contribution in [0.3, 0.4) is 0 Å². The highest BCUT2D eigenvalue weighted by Gasteiger charge is 2.36. The van der Waals surface area contributed by atoms with E-state index in [-0.39, 0.29) is 24.0 Å². The van der Waals surface area contributed by atoms with Gasteiger partial charge < -0.3 is 10.1 Å².